The van der Waals surface area contributed by atoms with Crippen LogP contribution in [0.5, 0.6) is 5.75 Å². The van der Waals surface area contributed by atoms with E-state index in [1.165, 1.54) is 19.1 Å². The standard InChI is InChI=1S/C20H20N2O4S/c1-14(23)22-16-8-9-20(27(2,24)25)19(13-16)26-12-10-15-5-3-7-18-17(15)6-4-11-21-18/h3-9,11,13H,10,12H2,1-2H3,(H,22,23). The largest absolute Gasteiger partial charge is 0.492 e. The van der Waals surface area contributed by atoms with E-state index >= 15 is 0 Å². The van der Waals surface area contributed by atoms with E-state index in [2.05, 4.69) is 10.3 Å². The van der Waals surface area contributed by atoms with Crippen molar-refractivity contribution in [3.05, 3.63) is 60.3 Å². The van der Waals surface area contributed by atoms with Crippen LogP contribution in [0, 0.1) is 0 Å². The van der Waals surface area contributed by atoms with Crippen molar-refractivity contribution in [2.24, 2.45) is 0 Å². The summed E-state index contributed by atoms with van der Waals surface area (Å²) < 4.78 is 29.8. The van der Waals surface area contributed by atoms with Gasteiger partial charge in [0.2, 0.25) is 5.91 Å². The first kappa shape index (κ1) is 18.8. The van der Waals surface area contributed by atoms with E-state index in [1.54, 1.807) is 12.3 Å². The summed E-state index contributed by atoms with van der Waals surface area (Å²) in [6.07, 6.45) is 3.47. The summed E-state index contributed by atoms with van der Waals surface area (Å²) >= 11 is 0. The minimum absolute atomic E-state index is 0.0937. The summed E-state index contributed by atoms with van der Waals surface area (Å²) in [4.78, 5) is 15.7. The first-order valence-corrected chi connectivity index (χ1v) is 10.3. The van der Waals surface area contributed by atoms with Gasteiger partial charge >= 0.3 is 0 Å². The molecule has 0 saturated heterocycles. The number of anilines is 1. The quantitative estimate of drug-likeness (QED) is 0.705. The number of ether oxygens (including phenoxy) is 1. The number of rotatable bonds is 6. The van der Waals surface area contributed by atoms with E-state index in [1.807, 2.05) is 30.3 Å². The van der Waals surface area contributed by atoms with E-state index in [4.69, 9.17) is 4.74 Å². The summed E-state index contributed by atoms with van der Waals surface area (Å²) in [6, 6.07) is 14.3. The summed E-state index contributed by atoms with van der Waals surface area (Å²) in [5.74, 6) is -0.0153. The monoisotopic (exact) mass is 384 g/mol. The normalized spacial score (nSPS) is 11.3. The Kier molecular flexibility index (Phi) is 5.41. The molecule has 3 rings (SSSR count). The van der Waals surface area contributed by atoms with Gasteiger partial charge in [0.15, 0.2) is 9.84 Å². The topological polar surface area (TPSA) is 85.4 Å². The number of amides is 1. The maximum Gasteiger partial charge on any atom is 0.221 e. The minimum Gasteiger partial charge on any atom is -0.492 e. The predicted molar refractivity (Wildman–Crippen MR) is 105 cm³/mol. The van der Waals surface area contributed by atoms with Crippen molar-refractivity contribution < 1.29 is 17.9 Å². The van der Waals surface area contributed by atoms with Crippen LogP contribution in [0.2, 0.25) is 0 Å². The van der Waals surface area contributed by atoms with Crippen molar-refractivity contribution in [1.29, 1.82) is 0 Å². The highest BCUT2D eigenvalue weighted by Gasteiger charge is 2.16. The lowest BCUT2D eigenvalue weighted by Gasteiger charge is -2.13. The Bertz CT molecular complexity index is 1090. The molecule has 1 N–H and O–H groups in total. The fraction of sp³-hybridized carbons (Fsp3) is 0.200. The van der Waals surface area contributed by atoms with E-state index in [-0.39, 0.29) is 16.6 Å². The van der Waals surface area contributed by atoms with Crippen LogP contribution in [-0.4, -0.2) is 32.2 Å². The second-order valence-corrected chi connectivity index (χ2v) is 8.18. The fourth-order valence-electron chi connectivity index (χ4n) is 2.86. The van der Waals surface area contributed by atoms with Crippen molar-refractivity contribution in [2.75, 3.05) is 18.2 Å². The Morgan fingerprint density at radius 1 is 1.15 bits per heavy atom. The van der Waals surface area contributed by atoms with Gasteiger partial charge in [-0.25, -0.2) is 8.42 Å². The van der Waals surface area contributed by atoms with Crippen molar-refractivity contribution in [3.8, 4) is 5.75 Å². The van der Waals surface area contributed by atoms with Crippen LogP contribution < -0.4 is 10.1 Å². The molecule has 3 aromatic rings. The molecule has 1 aromatic heterocycles. The predicted octanol–water partition coefficient (Wildman–Crippen LogP) is 3.22. The molecule has 0 aliphatic rings. The summed E-state index contributed by atoms with van der Waals surface area (Å²) in [5.41, 5.74) is 2.46. The van der Waals surface area contributed by atoms with Crippen LogP contribution in [0.3, 0.4) is 0 Å². The summed E-state index contributed by atoms with van der Waals surface area (Å²) in [5, 5.41) is 3.67. The maximum atomic E-state index is 12.0. The number of hydrogen-bond donors (Lipinski definition) is 1. The Balaban J connectivity index is 1.82. The molecule has 27 heavy (non-hydrogen) atoms. The van der Waals surface area contributed by atoms with Crippen molar-refractivity contribution in [2.45, 2.75) is 18.2 Å². The van der Waals surface area contributed by atoms with Crippen LogP contribution >= 0.6 is 0 Å². The fourth-order valence-corrected chi connectivity index (χ4v) is 3.66. The molecule has 1 heterocycles. The van der Waals surface area contributed by atoms with Crippen molar-refractivity contribution in [3.63, 3.8) is 0 Å². The Hall–Kier alpha value is -2.93. The van der Waals surface area contributed by atoms with Crippen molar-refractivity contribution >= 4 is 32.3 Å². The zero-order valence-electron chi connectivity index (χ0n) is 15.1. The van der Waals surface area contributed by atoms with Crippen LogP contribution in [-0.2, 0) is 21.1 Å². The van der Waals surface area contributed by atoms with E-state index in [0.29, 0.717) is 18.7 Å². The zero-order valence-corrected chi connectivity index (χ0v) is 15.9. The third-order valence-electron chi connectivity index (χ3n) is 4.03. The number of sulfone groups is 1. The van der Waals surface area contributed by atoms with Gasteiger partial charge in [0, 0.05) is 42.9 Å². The second-order valence-electron chi connectivity index (χ2n) is 6.20. The highest BCUT2D eigenvalue weighted by Crippen LogP contribution is 2.28. The lowest BCUT2D eigenvalue weighted by molar-refractivity contribution is -0.114. The number of nitrogens with one attached hydrogen (secondary N) is 1. The molecular formula is C20H20N2O4S. The number of fused-ring (bicyclic) bond motifs is 1. The SMILES string of the molecule is CC(=O)Nc1ccc(S(C)(=O)=O)c(OCCc2cccc3ncccc23)c1. The van der Waals surface area contributed by atoms with Gasteiger partial charge in [-0.3, -0.25) is 9.78 Å². The van der Waals surface area contributed by atoms with Gasteiger partial charge < -0.3 is 10.1 Å². The van der Waals surface area contributed by atoms with Gasteiger partial charge in [-0.15, -0.1) is 0 Å². The molecule has 0 spiro atoms. The van der Waals surface area contributed by atoms with Crippen LogP contribution in [0.15, 0.2) is 59.6 Å². The number of benzene rings is 2. The molecule has 0 aliphatic carbocycles. The highest BCUT2D eigenvalue weighted by molar-refractivity contribution is 7.90. The van der Waals surface area contributed by atoms with E-state index < -0.39 is 9.84 Å². The van der Waals surface area contributed by atoms with Gasteiger partial charge in [0.05, 0.1) is 12.1 Å². The molecule has 140 valence electrons. The number of pyridine rings is 1. The molecule has 0 bridgehead atoms. The van der Waals surface area contributed by atoms with E-state index in [0.717, 1.165) is 22.7 Å². The van der Waals surface area contributed by atoms with Crippen LogP contribution in [0.4, 0.5) is 5.69 Å². The Morgan fingerprint density at radius 2 is 1.96 bits per heavy atom. The second kappa shape index (κ2) is 7.75. The molecule has 0 fully saturated rings. The molecular weight excluding hydrogens is 364 g/mol. The lowest BCUT2D eigenvalue weighted by Crippen LogP contribution is -2.09. The van der Waals surface area contributed by atoms with E-state index in [9.17, 15) is 13.2 Å². The lowest BCUT2D eigenvalue weighted by atomic mass is 10.1. The Morgan fingerprint density at radius 3 is 2.70 bits per heavy atom. The molecule has 6 nitrogen and oxygen atoms in total. The number of carbonyl (C=O) groups is 1. The highest BCUT2D eigenvalue weighted by atomic mass is 32.2. The zero-order chi connectivity index (χ0) is 19.4. The number of carbonyl (C=O) groups excluding carboxylic acids is 1. The van der Waals surface area contributed by atoms with Crippen molar-refractivity contribution in [1.82, 2.24) is 4.98 Å². The van der Waals surface area contributed by atoms with Crippen LogP contribution in [0.25, 0.3) is 10.9 Å². The molecule has 0 unspecified atom stereocenters. The third-order valence-corrected chi connectivity index (χ3v) is 5.16. The van der Waals surface area contributed by atoms with Gasteiger partial charge in [0.25, 0.3) is 0 Å². The first-order chi connectivity index (χ1) is 12.8. The van der Waals surface area contributed by atoms with Gasteiger partial charge in [-0.2, -0.15) is 0 Å². The van der Waals surface area contributed by atoms with Gasteiger partial charge in [0.1, 0.15) is 10.6 Å². The molecule has 1 amide bonds. The molecule has 0 saturated carbocycles. The average Bonchev–Trinajstić information content (AvgIpc) is 2.60. The third kappa shape index (κ3) is 4.62. The molecule has 7 heteroatoms. The number of hydrogen-bond acceptors (Lipinski definition) is 5. The van der Waals surface area contributed by atoms with Crippen LogP contribution in [0.1, 0.15) is 12.5 Å². The average molecular weight is 384 g/mol. The molecule has 2 aromatic carbocycles. The smallest absolute Gasteiger partial charge is 0.221 e. The van der Waals surface area contributed by atoms with Gasteiger partial charge in [-0.05, 0) is 29.8 Å². The molecule has 0 radical (unpaired) electrons. The van der Waals surface area contributed by atoms with Gasteiger partial charge in [-0.1, -0.05) is 18.2 Å². The minimum atomic E-state index is -3.46. The maximum absolute atomic E-state index is 12.0. The molecule has 0 atom stereocenters. The molecule has 0 aliphatic heterocycles. The Labute approximate surface area is 158 Å². The summed E-state index contributed by atoms with van der Waals surface area (Å²) in [6.45, 7) is 1.68. The summed E-state index contributed by atoms with van der Waals surface area (Å²) in [7, 11) is -3.46. The number of aromatic nitrogens is 1. The number of nitrogens with zero attached hydrogens (tertiary/aromatic N) is 1. The first-order valence-electron chi connectivity index (χ1n) is 8.42.